The minimum absolute atomic E-state index is 0. The van der Waals surface area contributed by atoms with Crippen LogP contribution in [0.4, 0.5) is 4.39 Å². The van der Waals surface area contributed by atoms with Gasteiger partial charge in [0, 0.05) is 11.6 Å². The molecule has 2 aliphatic rings. The van der Waals surface area contributed by atoms with Crippen LogP contribution in [-0.2, 0) is 0 Å². The van der Waals surface area contributed by atoms with Crippen molar-refractivity contribution in [3.8, 4) is 5.75 Å². The standard InChI is InChI=1S/C15H20FN3O.HI/c16-10-6-7-14-12(8-10)13(9-20-14)19-15(17)18-11-4-2-1-3-5-11;/h6-8,11,13H,1-5,9H2,(H3,17,18,19);1H. The van der Waals surface area contributed by atoms with Crippen molar-refractivity contribution in [1.82, 2.24) is 5.32 Å². The predicted molar refractivity (Wildman–Crippen MR) is 91.7 cm³/mol. The molecule has 0 bridgehead atoms. The van der Waals surface area contributed by atoms with Gasteiger partial charge in [0.25, 0.3) is 0 Å². The molecule has 1 aromatic rings. The molecule has 3 N–H and O–H groups in total. The molecule has 1 aromatic carbocycles. The molecule has 4 nitrogen and oxygen atoms in total. The van der Waals surface area contributed by atoms with Crippen molar-refractivity contribution in [2.45, 2.75) is 44.2 Å². The first-order valence-electron chi connectivity index (χ1n) is 7.24. The second kappa shape index (κ2) is 7.29. The van der Waals surface area contributed by atoms with E-state index in [4.69, 9.17) is 10.5 Å². The van der Waals surface area contributed by atoms with Crippen LogP contribution in [0.3, 0.4) is 0 Å². The van der Waals surface area contributed by atoms with E-state index in [9.17, 15) is 4.39 Å². The largest absolute Gasteiger partial charge is 0.491 e. The molecule has 6 heteroatoms. The summed E-state index contributed by atoms with van der Waals surface area (Å²) in [5.41, 5.74) is 6.75. The lowest BCUT2D eigenvalue weighted by atomic mass is 9.96. The number of benzene rings is 1. The second-order valence-corrected chi connectivity index (χ2v) is 5.50. The van der Waals surface area contributed by atoms with Crippen molar-refractivity contribution in [2.24, 2.45) is 10.7 Å². The van der Waals surface area contributed by atoms with Gasteiger partial charge < -0.3 is 15.8 Å². The van der Waals surface area contributed by atoms with E-state index in [1.54, 1.807) is 6.07 Å². The van der Waals surface area contributed by atoms with Crippen molar-refractivity contribution in [2.75, 3.05) is 6.61 Å². The summed E-state index contributed by atoms with van der Waals surface area (Å²) in [7, 11) is 0. The SMILES string of the molecule is I.NC(=NC1COc2ccc(F)cc21)NC1CCCCC1. The monoisotopic (exact) mass is 405 g/mol. The molecule has 1 heterocycles. The number of aliphatic imine (C=N–C) groups is 1. The normalized spacial score (nSPS) is 22.1. The van der Waals surface area contributed by atoms with Gasteiger partial charge in [-0.05, 0) is 31.0 Å². The fourth-order valence-corrected chi connectivity index (χ4v) is 2.94. The molecule has 1 aliphatic carbocycles. The highest BCUT2D eigenvalue weighted by Gasteiger charge is 2.25. The first-order chi connectivity index (χ1) is 9.72. The summed E-state index contributed by atoms with van der Waals surface area (Å²) in [6.45, 7) is 0.422. The lowest BCUT2D eigenvalue weighted by molar-refractivity contribution is 0.333. The van der Waals surface area contributed by atoms with Crippen LogP contribution in [0.5, 0.6) is 5.75 Å². The van der Waals surface area contributed by atoms with E-state index < -0.39 is 0 Å². The minimum atomic E-state index is -0.270. The van der Waals surface area contributed by atoms with Gasteiger partial charge in [0.2, 0.25) is 0 Å². The van der Waals surface area contributed by atoms with E-state index in [2.05, 4.69) is 10.3 Å². The topological polar surface area (TPSA) is 59.6 Å². The number of hydrogen-bond acceptors (Lipinski definition) is 2. The summed E-state index contributed by atoms with van der Waals surface area (Å²) in [4.78, 5) is 4.44. The van der Waals surface area contributed by atoms with E-state index in [1.807, 2.05) is 0 Å². The van der Waals surface area contributed by atoms with Crippen molar-refractivity contribution in [3.63, 3.8) is 0 Å². The zero-order chi connectivity index (χ0) is 13.9. The Balaban J connectivity index is 0.00000161. The average molecular weight is 405 g/mol. The van der Waals surface area contributed by atoms with Crippen LogP contribution in [0.25, 0.3) is 0 Å². The summed E-state index contributed by atoms with van der Waals surface area (Å²) in [5.74, 6) is 0.862. The van der Waals surface area contributed by atoms with Crippen LogP contribution < -0.4 is 15.8 Å². The van der Waals surface area contributed by atoms with Crippen LogP contribution in [-0.4, -0.2) is 18.6 Å². The molecule has 0 saturated heterocycles. The molecule has 3 rings (SSSR count). The Kier molecular flexibility index (Phi) is 5.66. The Morgan fingerprint density at radius 1 is 1.29 bits per heavy atom. The van der Waals surface area contributed by atoms with Gasteiger partial charge in [0.1, 0.15) is 24.2 Å². The highest BCUT2D eigenvalue weighted by Crippen LogP contribution is 2.34. The highest BCUT2D eigenvalue weighted by molar-refractivity contribution is 14.0. The van der Waals surface area contributed by atoms with Crippen molar-refractivity contribution < 1.29 is 9.13 Å². The zero-order valence-electron chi connectivity index (χ0n) is 11.8. The molecule has 1 atom stereocenters. The number of fused-ring (bicyclic) bond motifs is 1. The minimum Gasteiger partial charge on any atom is -0.491 e. The van der Waals surface area contributed by atoms with Crippen molar-refractivity contribution in [1.29, 1.82) is 0 Å². The third-order valence-corrected chi connectivity index (χ3v) is 3.98. The summed E-state index contributed by atoms with van der Waals surface area (Å²) in [5, 5.41) is 3.27. The van der Waals surface area contributed by atoms with Gasteiger partial charge in [-0.2, -0.15) is 0 Å². The molecule has 1 fully saturated rings. The Labute approximate surface area is 141 Å². The quantitative estimate of drug-likeness (QED) is 0.452. The van der Waals surface area contributed by atoms with Crippen molar-refractivity contribution >= 4 is 29.9 Å². The fraction of sp³-hybridized carbons (Fsp3) is 0.533. The smallest absolute Gasteiger partial charge is 0.189 e. The molecule has 0 spiro atoms. The lowest BCUT2D eigenvalue weighted by Crippen LogP contribution is -2.41. The van der Waals surface area contributed by atoms with Gasteiger partial charge in [-0.1, -0.05) is 19.3 Å². The number of ether oxygens (including phenoxy) is 1. The Morgan fingerprint density at radius 2 is 2.05 bits per heavy atom. The molecule has 1 unspecified atom stereocenters. The molecule has 1 aliphatic heterocycles. The first-order valence-corrected chi connectivity index (χ1v) is 7.24. The number of halogens is 2. The lowest BCUT2D eigenvalue weighted by Gasteiger charge is -2.23. The maximum Gasteiger partial charge on any atom is 0.189 e. The molecular formula is C15H21FIN3O. The van der Waals surface area contributed by atoms with E-state index >= 15 is 0 Å². The fourth-order valence-electron chi connectivity index (χ4n) is 2.94. The third kappa shape index (κ3) is 3.99. The van der Waals surface area contributed by atoms with Gasteiger partial charge in [0.15, 0.2) is 5.96 Å². The van der Waals surface area contributed by atoms with E-state index in [0.717, 1.165) is 18.4 Å². The highest BCUT2D eigenvalue weighted by atomic mass is 127. The number of nitrogens with two attached hydrogens (primary N) is 1. The molecule has 0 aromatic heterocycles. The predicted octanol–water partition coefficient (Wildman–Crippen LogP) is 3.11. The van der Waals surface area contributed by atoms with Gasteiger partial charge in [-0.3, -0.25) is 0 Å². The third-order valence-electron chi connectivity index (χ3n) is 3.98. The van der Waals surface area contributed by atoms with E-state index in [0.29, 0.717) is 24.4 Å². The van der Waals surface area contributed by atoms with Crippen LogP contribution in [0.2, 0.25) is 0 Å². The number of nitrogens with one attached hydrogen (secondary N) is 1. The van der Waals surface area contributed by atoms with Gasteiger partial charge >= 0.3 is 0 Å². The van der Waals surface area contributed by atoms with Crippen LogP contribution in [0.15, 0.2) is 23.2 Å². The number of guanidine groups is 1. The summed E-state index contributed by atoms with van der Waals surface area (Å²) < 4.78 is 18.8. The van der Waals surface area contributed by atoms with E-state index in [-0.39, 0.29) is 35.8 Å². The Morgan fingerprint density at radius 3 is 2.81 bits per heavy atom. The first kappa shape index (κ1) is 16.3. The Bertz CT molecular complexity index is 518. The van der Waals surface area contributed by atoms with E-state index in [1.165, 1.54) is 31.4 Å². The van der Waals surface area contributed by atoms with Crippen molar-refractivity contribution in [3.05, 3.63) is 29.6 Å². The summed E-state index contributed by atoms with van der Waals surface area (Å²) in [6.07, 6.45) is 6.07. The molecule has 21 heavy (non-hydrogen) atoms. The molecular weight excluding hydrogens is 384 g/mol. The molecule has 116 valence electrons. The average Bonchev–Trinajstić information content (AvgIpc) is 2.82. The summed E-state index contributed by atoms with van der Waals surface area (Å²) in [6, 6.07) is 4.72. The number of hydrogen-bond donors (Lipinski definition) is 2. The van der Waals surface area contributed by atoms with Gasteiger partial charge in [0.05, 0.1) is 0 Å². The molecule has 0 radical (unpaired) electrons. The summed E-state index contributed by atoms with van der Waals surface area (Å²) >= 11 is 0. The second-order valence-electron chi connectivity index (χ2n) is 5.50. The van der Waals surface area contributed by atoms with Crippen LogP contribution in [0.1, 0.15) is 43.7 Å². The van der Waals surface area contributed by atoms with Crippen LogP contribution in [0, 0.1) is 5.82 Å². The maximum absolute atomic E-state index is 13.3. The Hall–Kier alpha value is -1.05. The number of rotatable bonds is 2. The zero-order valence-corrected chi connectivity index (χ0v) is 14.2. The maximum atomic E-state index is 13.3. The number of nitrogens with zero attached hydrogens (tertiary/aromatic N) is 1. The molecule has 0 amide bonds. The molecule has 1 saturated carbocycles. The van der Waals surface area contributed by atoms with Gasteiger partial charge in [-0.15, -0.1) is 24.0 Å². The van der Waals surface area contributed by atoms with Crippen LogP contribution >= 0.6 is 24.0 Å². The van der Waals surface area contributed by atoms with Gasteiger partial charge in [-0.25, -0.2) is 9.38 Å².